The SMILES string of the molecule is C#Cc1ccc(CN(CCOC(=O)OC[C@H]2O[C@@H](n3cc(C)c(=O)[nH]c3=O)CC2O)CC2CCCCN2C)cc1. The van der Waals surface area contributed by atoms with Crippen LogP contribution in [0, 0.1) is 19.3 Å². The Hall–Kier alpha value is -3.43. The Labute approximate surface area is 233 Å². The van der Waals surface area contributed by atoms with Gasteiger partial charge in [-0.3, -0.25) is 19.2 Å². The highest BCUT2D eigenvalue weighted by atomic mass is 16.7. The zero-order chi connectivity index (χ0) is 28.6. The molecule has 216 valence electrons. The molecule has 1 aromatic carbocycles. The number of hydrogen-bond donors (Lipinski definition) is 2. The van der Waals surface area contributed by atoms with Crippen molar-refractivity contribution in [1.29, 1.82) is 0 Å². The molecule has 2 N–H and O–H groups in total. The summed E-state index contributed by atoms with van der Waals surface area (Å²) in [4.78, 5) is 43.0. The van der Waals surface area contributed by atoms with Crippen LogP contribution in [-0.2, 0) is 20.8 Å². The number of rotatable bonds is 10. The van der Waals surface area contributed by atoms with E-state index in [1.54, 1.807) is 6.92 Å². The number of carbonyl (C=O) groups is 1. The monoisotopic (exact) mass is 554 g/mol. The molecule has 2 unspecified atom stereocenters. The maximum Gasteiger partial charge on any atom is 0.508 e. The summed E-state index contributed by atoms with van der Waals surface area (Å²) in [5.41, 5.74) is 1.18. The predicted octanol–water partition coefficient (Wildman–Crippen LogP) is 1.61. The van der Waals surface area contributed by atoms with Crippen LogP contribution < -0.4 is 11.2 Å². The van der Waals surface area contributed by atoms with Crippen molar-refractivity contribution in [3.63, 3.8) is 0 Å². The lowest BCUT2D eigenvalue weighted by molar-refractivity contribution is -0.0594. The number of ether oxygens (including phenoxy) is 3. The molecular weight excluding hydrogens is 516 g/mol. The lowest BCUT2D eigenvalue weighted by atomic mass is 10.0. The van der Waals surface area contributed by atoms with E-state index in [1.807, 2.05) is 24.3 Å². The first kappa shape index (κ1) is 29.6. The summed E-state index contributed by atoms with van der Waals surface area (Å²) in [7, 11) is 2.15. The maximum atomic E-state index is 12.3. The van der Waals surface area contributed by atoms with Crippen LogP contribution in [0.2, 0.25) is 0 Å². The number of nitrogens with one attached hydrogen (secondary N) is 1. The molecule has 2 aliphatic rings. The molecule has 4 atom stereocenters. The number of H-pyrrole nitrogens is 1. The number of aromatic amines is 1. The fourth-order valence-corrected chi connectivity index (χ4v) is 5.16. The lowest BCUT2D eigenvalue weighted by Gasteiger charge is -2.36. The maximum absolute atomic E-state index is 12.3. The van der Waals surface area contributed by atoms with Crippen molar-refractivity contribution < 1.29 is 24.1 Å². The summed E-state index contributed by atoms with van der Waals surface area (Å²) < 4.78 is 17.5. The van der Waals surface area contributed by atoms with Crippen molar-refractivity contribution in [3.8, 4) is 12.3 Å². The number of aliphatic hydroxyl groups is 1. The largest absolute Gasteiger partial charge is 0.508 e. The van der Waals surface area contributed by atoms with E-state index in [0.29, 0.717) is 24.7 Å². The Balaban J connectivity index is 1.26. The second-order valence-corrected chi connectivity index (χ2v) is 10.5. The minimum absolute atomic E-state index is 0.112. The highest BCUT2D eigenvalue weighted by molar-refractivity contribution is 5.59. The highest BCUT2D eigenvalue weighted by Crippen LogP contribution is 2.28. The smallest absolute Gasteiger partial charge is 0.433 e. The number of benzene rings is 1. The standard InChI is InChI=1S/C29H38N4O7/c1-4-21-8-10-22(11-9-21)17-32(18-23-7-5-6-12-31(23)3)13-14-38-29(37)39-19-25-24(34)15-26(40-25)33-16-20(2)27(35)30-28(33)36/h1,8-11,16,23-26,34H,5-7,12-15,17-19H2,2-3H3,(H,30,35,36)/t23?,24?,25-,26-/m1/s1. The van der Waals surface area contributed by atoms with E-state index in [9.17, 15) is 19.5 Å². The number of piperidine rings is 1. The molecule has 2 fully saturated rings. The number of aryl methyl sites for hydroxylation is 1. The molecule has 11 nitrogen and oxygen atoms in total. The van der Waals surface area contributed by atoms with E-state index in [2.05, 4.69) is 27.8 Å². The van der Waals surface area contributed by atoms with Crippen LogP contribution in [0.15, 0.2) is 40.1 Å². The van der Waals surface area contributed by atoms with Gasteiger partial charge in [-0.15, -0.1) is 6.42 Å². The van der Waals surface area contributed by atoms with Crippen LogP contribution in [-0.4, -0.2) is 88.8 Å². The third-order valence-electron chi connectivity index (χ3n) is 7.57. The Kier molecular flexibility index (Phi) is 10.2. The van der Waals surface area contributed by atoms with Gasteiger partial charge in [0.05, 0.1) is 6.10 Å². The van der Waals surface area contributed by atoms with Crippen molar-refractivity contribution >= 4 is 6.16 Å². The molecule has 0 spiro atoms. The van der Waals surface area contributed by atoms with E-state index in [1.165, 1.54) is 23.6 Å². The minimum atomic E-state index is -0.958. The van der Waals surface area contributed by atoms with Gasteiger partial charge in [0.1, 0.15) is 25.5 Å². The van der Waals surface area contributed by atoms with E-state index < -0.39 is 35.8 Å². The summed E-state index contributed by atoms with van der Waals surface area (Å²) in [5.74, 6) is 2.63. The van der Waals surface area contributed by atoms with Crippen LogP contribution in [0.25, 0.3) is 0 Å². The molecule has 11 heteroatoms. The fraction of sp³-hybridized carbons (Fsp3) is 0.552. The second-order valence-electron chi connectivity index (χ2n) is 10.5. The first-order valence-corrected chi connectivity index (χ1v) is 13.7. The van der Waals surface area contributed by atoms with Crippen molar-refractivity contribution in [3.05, 3.63) is 68.0 Å². The molecular formula is C29H38N4O7. The van der Waals surface area contributed by atoms with Gasteiger partial charge in [0.2, 0.25) is 0 Å². The molecule has 0 amide bonds. The molecule has 0 radical (unpaired) electrons. The van der Waals surface area contributed by atoms with E-state index in [4.69, 9.17) is 20.6 Å². The average molecular weight is 555 g/mol. The van der Waals surface area contributed by atoms with Gasteiger partial charge in [-0.2, -0.15) is 0 Å². The minimum Gasteiger partial charge on any atom is -0.433 e. The van der Waals surface area contributed by atoms with Gasteiger partial charge < -0.3 is 24.2 Å². The average Bonchev–Trinajstić information content (AvgIpc) is 3.31. The number of hydrogen-bond acceptors (Lipinski definition) is 9. The zero-order valence-corrected chi connectivity index (χ0v) is 23.1. The molecule has 40 heavy (non-hydrogen) atoms. The van der Waals surface area contributed by atoms with Gasteiger partial charge in [0.25, 0.3) is 5.56 Å². The number of aromatic nitrogens is 2. The summed E-state index contributed by atoms with van der Waals surface area (Å²) in [5, 5.41) is 10.4. The fourth-order valence-electron chi connectivity index (χ4n) is 5.16. The number of terminal acetylenes is 1. The Bertz CT molecular complexity index is 1300. The Morgan fingerprint density at radius 3 is 2.75 bits per heavy atom. The normalized spacial score (nSPS) is 23.2. The van der Waals surface area contributed by atoms with Crippen LogP contribution in [0.3, 0.4) is 0 Å². The summed E-state index contributed by atoms with van der Waals surface area (Å²) in [6.45, 7) is 4.62. The van der Waals surface area contributed by atoms with Crippen molar-refractivity contribution in [2.75, 3.05) is 39.9 Å². The van der Waals surface area contributed by atoms with Crippen molar-refractivity contribution in [2.24, 2.45) is 0 Å². The number of likely N-dealkylation sites (tertiary alicyclic amines) is 1. The van der Waals surface area contributed by atoms with Gasteiger partial charge in [-0.25, -0.2) is 9.59 Å². The van der Waals surface area contributed by atoms with Crippen molar-refractivity contribution in [2.45, 2.75) is 63.6 Å². The lowest BCUT2D eigenvalue weighted by Crippen LogP contribution is -2.45. The molecule has 0 aliphatic carbocycles. The molecule has 4 rings (SSSR count). The van der Waals surface area contributed by atoms with Gasteiger partial charge in [-0.1, -0.05) is 24.5 Å². The first-order chi connectivity index (χ1) is 19.2. The number of nitrogens with zero attached hydrogens (tertiary/aromatic N) is 3. The molecule has 3 heterocycles. The van der Waals surface area contributed by atoms with Gasteiger partial charge in [-0.05, 0) is 51.1 Å². The summed E-state index contributed by atoms with van der Waals surface area (Å²) in [6.07, 6.45) is 7.08. The number of likely N-dealkylation sites (N-methyl/N-ethyl adjacent to an activating group) is 1. The third kappa shape index (κ3) is 7.82. The summed E-state index contributed by atoms with van der Waals surface area (Å²) >= 11 is 0. The highest BCUT2D eigenvalue weighted by Gasteiger charge is 2.36. The van der Waals surface area contributed by atoms with Gasteiger partial charge >= 0.3 is 11.8 Å². The van der Waals surface area contributed by atoms with Gasteiger partial charge in [0.15, 0.2) is 0 Å². The van der Waals surface area contributed by atoms with Crippen LogP contribution >= 0.6 is 0 Å². The predicted molar refractivity (Wildman–Crippen MR) is 148 cm³/mol. The third-order valence-corrected chi connectivity index (χ3v) is 7.57. The topological polar surface area (TPSA) is 126 Å². The van der Waals surface area contributed by atoms with E-state index in [-0.39, 0.29) is 19.6 Å². The van der Waals surface area contributed by atoms with E-state index in [0.717, 1.165) is 30.6 Å². The van der Waals surface area contributed by atoms with E-state index >= 15 is 0 Å². The summed E-state index contributed by atoms with van der Waals surface area (Å²) in [6, 6.07) is 8.31. The van der Waals surface area contributed by atoms with Gasteiger partial charge in [0, 0.05) is 49.4 Å². The number of carbonyl (C=O) groups excluding carboxylic acids is 1. The number of aliphatic hydroxyl groups excluding tert-OH is 1. The quantitative estimate of drug-likeness (QED) is 0.333. The Morgan fingerprint density at radius 1 is 1.25 bits per heavy atom. The molecule has 1 aromatic heterocycles. The molecule has 0 saturated carbocycles. The van der Waals surface area contributed by atoms with Crippen molar-refractivity contribution in [1.82, 2.24) is 19.4 Å². The van der Waals surface area contributed by atoms with Crippen LogP contribution in [0.4, 0.5) is 4.79 Å². The zero-order valence-electron chi connectivity index (χ0n) is 23.1. The van der Waals surface area contributed by atoms with Crippen LogP contribution in [0.5, 0.6) is 0 Å². The Morgan fingerprint density at radius 2 is 2.02 bits per heavy atom. The van der Waals surface area contributed by atoms with Crippen LogP contribution in [0.1, 0.15) is 48.6 Å². The molecule has 2 aromatic rings. The molecule has 2 aliphatic heterocycles. The first-order valence-electron chi connectivity index (χ1n) is 13.7. The molecule has 0 bridgehead atoms. The molecule has 2 saturated heterocycles. The second kappa shape index (κ2) is 13.8.